The van der Waals surface area contributed by atoms with Gasteiger partial charge >= 0.3 is 5.97 Å². The Balaban J connectivity index is 2.26. The predicted molar refractivity (Wildman–Crippen MR) is 156 cm³/mol. The monoisotopic (exact) mass is 576 g/mol. The second kappa shape index (κ2) is 10.1. The van der Waals surface area contributed by atoms with Crippen molar-refractivity contribution in [2.24, 2.45) is 0 Å². The predicted octanol–water partition coefficient (Wildman–Crippen LogP) is 6.01. The van der Waals surface area contributed by atoms with Crippen LogP contribution in [-0.4, -0.2) is 54.3 Å². The Bertz CT molecular complexity index is 1850. The smallest absolute Gasteiger partial charge is 0.304 e. The summed E-state index contributed by atoms with van der Waals surface area (Å²) in [6.07, 6.45) is 0.0950. The minimum atomic E-state index is -1.26. The number of carbonyl (C=O) groups is 3. The fourth-order valence-electron chi connectivity index (χ4n) is 6.14. The number of phenols is 6. The first-order valence-electron chi connectivity index (χ1n) is 13.1. The van der Waals surface area contributed by atoms with Gasteiger partial charge in [0.05, 0.1) is 17.5 Å². The van der Waals surface area contributed by atoms with Gasteiger partial charge in [-0.3, -0.25) is 14.4 Å². The average Bonchev–Trinajstić information content (AvgIpc) is 2.87. The standard InChI is InChI=1S/C32H32O10/c1-12(2)20-15-7-13(3)21(28(39)23(15)17(10-33)26(37)30(20)41)22-14(4)8-16-24(29(22)40)18(11-34)27(38)31(42)25(16)32(5,6)9-19(35)36/h7-8,10-12,37-42H,9H2,1-6H3,(H,35,36). The van der Waals surface area contributed by atoms with E-state index < -0.39 is 57.9 Å². The van der Waals surface area contributed by atoms with Gasteiger partial charge in [0.1, 0.15) is 11.5 Å². The van der Waals surface area contributed by atoms with Crippen molar-refractivity contribution >= 4 is 40.1 Å². The van der Waals surface area contributed by atoms with Gasteiger partial charge in [-0.25, -0.2) is 0 Å². The normalized spacial score (nSPS) is 11.9. The van der Waals surface area contributed by atoms with Gasteiger partial charge in [-0.2, -0.15) is 0 Å². The molecule has 42 heavy (non-hydrogen) atoms. The van der Waals surface area contributed by atoms with E-state index in [1.165, 1.54) is 19.9 Å². The Kier molecular flexibility index (Phi) is 7.23. The maximum atomic E-state index is 12.2. The van der Waals surface area contributed by atoms with Crippen LogP contribution in [0, 0.1) is 13.8 Å². The summed E-state index contributed by atoms with van der Waals surface area (Å²) in [5.41, 5.74) is -0.951. The molecule has 0 aromatic heterocycles. The van der Waals surface area contributed by atoms with Crippen LogP contribution in [0.3, 0.4) is 0 Å². The highest BCUT2D eigenvalue weighted by Crippen LogP contribution is 2.55. The summed E-state index contributed by atoms with van der Waals surface area (Å²) in [4.78, 5) is 35.9. The van der Waals surface area contributed by atoms with E-state index in [0.29, 0.717) is 28.4 Å². The minimum absolute atomic E-state index is 0.00220. The van der Waals surface area contributed by atoms with Crippen molar-refractivity contribution in [3.05, 3.63) is 45.5 Å². The summed E-state index contributed by atoms with van der Waals surface area (Å²) in [6.45, 7) is 9.81. The molecule has 0 saturated heterocycles. The number of aromatic hydroxyl groups is 6. The molecule has 4 aromatic carbocycles. The third kappa shape index (κ3) is 4.22. The topological polar surface area (TPSA) is 193 Å². The molecule has 0 spiro atoms. The molecule has 0 amide bonds. The van der Waals surface area contributed by atoms with Gasteiger partial charge < -0.3 is 35.7 Å². The van der Waals surface area contributed by atoms with Crippen molar-refractivity contribution in [2.45, 2.75) is 59.3 Å². The third-order valence-electron chi connectivity index (χ3n) is 7.88. The molecular formula is C32H32O10. The molecule has 10 nitrogen and oxygen atoms in total. The largest absolute Gasteiger partial charge is 0.507 e. The summed E-state index contributed by atoms with van der Waals surface area (Å²) < 4.78 is 0. The van der Waals surface area contributed by atoms with Crippen LogP contribution in [0.5, 0.6) is 34.5 Å². The van der Waals surface area contributed by atoms with Crippen LogP contribution in [0.4, 0.5) is 0 Å². The van der Waals surface area contributed by atoms with Gasteiger partial charge in [-0.05, 0) is 41.7 Å². The number of hydrogen-bond donors (Lipinski definition) is 7. The summed E-state index contributed by atoms with van der Waals surface area (Å²) in [5, 5.41) is 76.1. The Morgan fingerprint density at radius 3 is 1.60 bits per heavy atom. The van der Waals surface area contributed by atoms with Crippen molar-refractivity contribution < 1.29 is 50.1 Å². The number of carboxylic acid groups (broad SMARTS) is 1. The second-order valence-corrected chi connectivity index (χ2v) is 11.5. The van der Waals surface area contributed by atoms with Crippen molar-refractivity contribution in [3.8, 4) is 45.6 Å². The molecular weight excluding hydrogens is 544 g/mol. The van der Waals surface area contributed by atoms with Crippen molar-refractivity contribution in [2.75, 3.05) is 0 Å². The summed E-state index contributed by atoms with van der Waals surface area (Å²) in [6, 6.07) is 3.11. The molecule has 0 saturated carbocycles. The quantitative estimate of drug-likeness (QED) is 0.101. The van der Waals surface area contributed by atoms with Crippen LogP contribution in [0.15, 0.2) is 12.1 Å². The second-order valence-electron chi connectivity index (χ2n) is 11.5. The number of aldehydes is 2. The minimum Gasteiger partial charge on any atom is -0.507 e. The highest BCUT2D eigenvalue weighted by atomic mass is 16.4. The molecule has 4 aromatic rings. The Morgan fingerprint density at radius 2 is 1.17 bits per heavy atom. The lowest BCUT2D eigenvalue weighted by atomic mass is 9.76. The molecule has 0 fully saturated rings. The molecule has 0 heterocycles. The molecule has 220 valence electrons. The van der Waals surface area contributed by atoms with Crippen molar-refractivity contribution in [3.63, 3.8) is 0 Å². The average molecular weight is 577 g/mol. The number of aliphatic carboxylic acids is 1. The molecule has 0 aliphatic heterocycles. The van der Waals surface area contributed by atoms with Crippen LogP contribution in [0.25, 0.3) is 32.7 Å². The fraction of sp³-hybridized carbons (Fsp3) is 0.281. The van der Waals surface area contributed by atoms with Crippen LogP contribution >= 0.6 is 0 Å². The summed E-state index contributed by atoms with van der Waals surface area (Å²) in [5.74, 6) is -5.27. The first-order chi connectivity index (χ1) is 19.5. The van der Waals surface area contributed by atoms with Crippen molar-refractivity contribution in [1.82, 2.24) is 0 Å². The van der Waals surface area contributed by atoms with E-state index in [-0.39, 0.29) is 50.6 Å². The van der Waals surface area contributed by atoms with E-state index >= 15 is 0 Å². The Labute approximate surface area is 240 Å². The van der Waals surface area contributed by atoms with E-state index in [1.54, 1.807) is 33.8 Å². The lowest BCUT2D eigenvalue weighted by Crippen LogP contribution is -2.22. The van der Waals surface area contributed by atoms with E-state index in [0.717, 1.165) is 0 Å². The highest BCUT2D eigenvalue weighted by molar-refractivity contribution is 6.14. The first-order valence-corrected chi connectivity index (χ1v) is 13.1. The zero-order valence-corrected chi connectivity index (χ0v) is 23.9. The SMILES string of the molecule is Cc1cc2c(C(C)C)c(O)c(O)c(C=O)c2c(O)c1-c1c(C)cc2c(C(C)(C)CC(=O)O)c(O)c(O)c(C=O)c2c1O. The molecule has 0 bridgehead atoms. The molecule has 0 radical (unpaired) electrons. The van der Waals surface area contributed by atoms with E-state index in [2.05, 4.69) is 0 Å². The number of hydrogen-bond acceptors (Lipinski definition) is 9. The van der Waals surface area contributed by atoms with Gasteiger partial charge in [0, 0.05) is 38.4 Å². The van der Waals surface area contributed by atoms with Crippen molar-refractivity contribution in [1.29, 1.82) is 0 Å². The van der Waals surface area contributed by atoms with Crippen LogP contribution < -0.4 is 0 Å². The van der Waals surface area contributed by atoms with E-state index in [9.17, 15) is 50.1 Å². The number of benzene rings is 4. The van der Waals surface area contributed by atoms with Gasteiger partial charge in [-0.1, -0.05) is 39.8 Å². The zero-order chi connectivity index (χ0) is 31.6. The molecule has 0 unspecified atom stereocenters. The molecule has 7 N–H and O–H groups in total. The Morgan fingerprint density at radius 1 is 0.738 bits per heavy atom. The van der Waals surface area contributed by atoms with E-state index in [4.69, 9.17) is 0 Å². The fourth-order valence-corrected chi connectivity index (χ4v) is 6.14. The summed E-state index contributed by atoms with van der Waals surface area (Å²) in [7, 11) is 0. The van der Waals surface area contributed by atoms with Crippen LogP contribution in [0.2, 0.25) is 0 Å². The number of fused-ring (bicyclic) bond motifs is 2. The number of rotatable bonds is 7. The number of aryl methyl sites for hydroxylation is 2. The van der Waals surface area contributed by atoms with E-state index in [1.807, 2.05) is 0 Å². The molecule has 4 rings (SSSR count). The zero-order valence-electron chi connectivity index (χ0n) is 23.9. The van der Waals surface area contributed by atoms with Gasteiger partial charge in [0.15, 0.2) is 35.6 Å². The molecule has 0 aliphatic carbocycles. The molecule has 10 heteroatoms. The van der Waals surface area contributed by atoms with Gasteiger partial charge in [-0.15, -0.1) is 0 Å². The first kappa shape index (κ1) is 30.0. The molecule has 0 atom stereocenters. The Hall–Kier alpha value is -4.99. The van der Waals surface area contributed by atoms with Gasteiger partial charge in [0.25, 0.3) is 0 Å². The number of phenolic OH excluding ortho intramolecular Hbond substituents is 6. The maximum Gasteiger partial charge on any atom is 0.304 e. The number of carboxylic acids is 1. The van der Waals surface area contributed by atoms with Gasteiger partial charge in [0.2, 0.25) is 0 Å². The molecule has 0 aliphatic rings. The number of carbonyl (C=O) groups excluding carboxylic acids is 2. The lowest BCUT2D eigenvalue weighted by molar-refractivity contribution is -0.138. The lowest BCUT2D eigenvalue weighted by Gasteiger charge is -2.28. The highest BCUT2D eigenvalue weighted by Gasteiger charge is 2.35. The van der Waals surface area contributed by atoms with Crippen LogP contribution in [-0.2, 0) is 10.2 Å². The maximum absolute atomic E-state index is 12.2. The summed E-state index contributed by atoms with van der Waals surface area (Å²) >= 11 is 0. The van der Waals surface area contributed by atoms with Crippen LogP contribution in [0.1, 0.15) is 83.0 Å². The third-order valence-corrected chi connectivity index (χ3v) is 7.88.